The van der Waals surface area contributed by atoms with Crippen LogP contribution >= 0.6 is 0 Å². The molecule has 0 spiro atoms. The second-order valence-corrected chi connectivity index (χ2v) is 6.81. The van der Waals surface area contributed by atoms with Gasteiger partial charge in [0.1, 0.15) is 0 Å². The van der Waals surface area contributed by atoms with Crippen molar-refractivity contribution in [2.75, 3.05) is 40.0 Å². The first kappa shape index (κ1) is 16.7. The van der Waals surface area contributed by atoms with Crippen LogP contribution in [0.3, 0.4) is 0 Å². The van der Waals surface area contributed by atoms with Gasteiger partial charge >= 0.3 is 0 Å². The second kappa shape index (κ2) is 7.56. The summed E-state index contributed by atoms with van der Waals surface area (Å²) in [6, 6.07) is 0. The predicted octanol–water partition coefficient (Wildman–Crippen LogP) is 1.41. The van der Waals surface area contributed by atoms with Crippen molar-refractivity contribution >= 4 is 5.91 Å². The lowest BCUT2D eigenvalue weighted by atomic mass is 9.74. The van der Waals surface area contributed by atoms with Crippen LogP contribution in [-0.4, -0.2) is 56.4 Å². The molecule has 2 N–H and O–H groups in total. The molecular formula is C16H30N2O3. The quantitative estimate of drug-likeness (QED) is 0.753. The molecule has 5 heteroatoms. The van der Waals surface area contributed by atoms with E-state index in [1.165, 1.54) is 0 Å². The minimum atomic E-state index is -0.331. The molecule has 1 saturated carbocycles. The standard InChI is InChI=1S/C16H30N2O3/c1-16(17)7-4-3-5-14(16)15(19)18-8-6-13(11-18)12-21-10-9-20-2/h13-14H,3-12,17H2,1-2H3. The molecule has 21 heavy (non-hydrogen) atoms. The summed E-state index contributed by atoms with van der Waals surface area (Å²) in [7, 11) is 1.67. The number of amides is 1. The molecule has 0 bridgehead atoms. The van der Waals surface area contributed by atoms with Crippen molar-refractivity contribution in [3.05, 3.63) is 0 Å². The van der Waals surface area contributed by atoms with E-state index in [0.29, 0.717) is 19.1 Å². The summed E-state index contributed by atoms with van der Waals surface area (Å²) >= 11 is 0. The second-order valence-electron chi connectivity index (χ2n) is 6.81. The molecule has 2 aliphatic rings. The van der Waals surface area contributed by atoms with E-state index in [0.717, 1.165) is 51.8 Å². The minimum Gasteiger partial charge on any atom is -0.382 e. The molecule has 1 heterocycles. The third-order valence-corrected chi connectivity index (χ3v) is 4.94. The van der Waals surface area contributed by atoms with Gasteiger partial charge in [-0.2, -0.15) is 0 Å². The van der Waals surface area contributed by atoms with Crippen molar-refractivity contribution in [3.63, 3.8) is 0 Å². The number of likely N-dealkylation sites (tertiary alicyclic amines) is 1. The summed E-state index contributed by atoms with van der Waals surface area (Å²) < 4.78 is 10.5. The number of hydrogen-bond donors (Lipinski definition) is 1. The maximum atomic E-state index is 12.7. The predicted molar refractivity (Wildman–Crippen MR) is 81.9 cm³/mol. The van der Waals surface area contributed by atoms with Crippen molar-refractivity contribution < 1.29 is 14.3 Å². The van der Waals surface area contributed by atoms with Crippen LogP contribution in [0.25, 0.3) is 0 Å². The Morgan fingerprint density at radius 3 is 2.86 bits per heavy atom. The van der Waals surface area contributed by atoms with Gasteiger partial charge in [0.2, 0.25) is 5.91 Å². The van der Waals surface area contributed by atoms with Gasteiger partial charge in [0.15, 0.2) is 0 Å². The largest absolute Gasteiger partial charge is 0.382 e. The summed E-state index contributed by atoms with van der Waals surface area (Å²) in [6.45, 7) is 5.68. The highest BCUT2D eigenvalue weighted by atomic mass is 16.5. The van der Waals surface area contributed by atoms with Gasteiger partial charge < -0.3 is 20.1 Å². The molecule has 1 aliphatic carbocycles. The molecule has 1 aliphatic heterocycles. The number of nitrogens with two attached hydrogens (primary N) is 1. The average Bonchev–Trinajstić information content (AvgIpc) is 2.91. The molecular weight excluding hydrogens is 268 g/mol. The summed E-state index contributed by atoms with van der Waals surface area (Å²) in [4.78, 5) is 14.7. The summed E-state index contributed by atoms with van der Waals surface area (Å²) in [5.41, 5.74) is 6.02. The van der Waals surface area contributed by atoms with E-state index < -0.39 is 0 Å². The Bertz CT molecular complexity index is 346. The highest BCUT2D eigenvalue weighted by molar-refractivity contribution is 5.80. The molecule has 0 aromatic carbocycles. The third-order valence-electron chi connectivity index (χ3n) is 4.94. The normalized spacial score (nSPS) is 33.4. The van der Waals surface area contributed by atoms with Gasteiger partial charge in [-0.05, 0) is 26.2 Å². The van der Waals surface area contributed by atoms with Crippen molar-refractivity contribution in [3.8, 4) is 0 Å². The van der Waals surface area contributed by atoms with Gasteiger partial charge in [-0.25, -0.2) is 0 Å². The van der Waals surface area contributed by atoms with Gasteiger partial charge in [0, 0.05) is 31.7 Å². The molecule has 5 nitrogen and oxygen atoms in total. The van der Waals surface area contributed by atoms with Crippen molar-refractivity contribution in [2.24, 2.45) is 17.6 Å². The fraction of sp³-hybridized carbons (Fsp3) is 0.938. The highest BCUT2D eigenvalue weighted by Gasteiger charge is 2.41. The zero-order valence-electron chi connectivity index (χ0n) is 13.5. The Morgan fingerprint density at radius 2 is 2.14 bits per heavy atom. The zero-order chi connectivity index (χ0) is 15.3. The molecule has 2 rings (SSSR count). The molecule has 3 unspecified atom stereocenters. The highest BCUT2D eigenvalue weighted by Crippen LogP contribution is 2.34. The van der Waals surface area contributed by atoms with Gasteiger partial charge in [0.25, 0.3) is 0 Å². The van der Waals surface area contributed by atoms with Crippen molar-refractivity contribution in [2.45, 2.75) is 44.6 Å². The van der Waals surface area contributed by atoms with Gasteiger partial charge in [-0.1, -0.05) is 12.8 Å². The van der Waals surface area contributed by atoms with Crippen LogP contribution in [0.5, 0.6) is 0 Å². The van der Waals surface area contributed by atoms with Crippen LogP contribution in [-0.2, 0) is 14.3 Å². The van der Waals surface area contributed by atoms with E-state index >= 15 is 0 Å². The first-order chi connectivity index (χ1) is 10.0. The van der Waals surface area contributed by atoms with E-state index in [4.69, 9.17) is 15.2 Å². The topological polar surface area (TPSA) is 64.8 Å². The molecule has 3 atom stereocenters. The fourth-order valence-electron chi connectivity index (χ4n) is 3.55. The lowest BCUT2D eigenvalue weighted by Gasteiger charge is -2.39. The smallest absolute Gasteiger partial charge is 0.227 e. The molecule has 0 aromatic heterocycles. The first-order valence-corrected chi connectivity index (χ1v) is 8.19. The van der Waals surface area contributed by atoms with E-state index in [-0.39, 0.29) is 17.4 Å². The van der Waals surface area contributed by atoms with Crippen LogP contribution in [0.4, 0.5) is 0 Å². The Kier molecular flexibility index (Phi) is 6.02. The lowest BCUT2D eigenvalue weighted by Crippen LogP contribution is -2.53. The average molecular weight is 298 g/mol. The van der Waals surface area contributed by atoms with Crippen LogP contribution in [0.2, 0.25) is 0 Å². The number of carbonyl (C=O) groups is 1. The minimum absolute atomic E-state index is 0.000547. The van der Waals surface area contributed by atoms with Crippen molar-refractivity contribution in [1.82, 2.24) is 4.90 Å². The number of methoxy groups -OCH3 is 1. The molecule has 1 saturated heterocycles. The van der Waals surface area contributed by atoms with Crippen molar-refractivity contribution in [1.29, 1.82) is 0 Å². The van der Waals surface area contributed by atoms with E-state index in [9.17, 15) is 4.79 Å². The molecule has 2 fully saturated rings. The lowest BCUT2D eigenvalue weighted by molar-refractivity contribution is -0.138. The Morgan fingerprint density at radius 1 is 1.33 bits per heavy atom. The number of ether oxygens (including phenoxy) is 2. The van der Waals surface area contributed by atoms with E-state index in [1.807, 2.05) is 11.8 Å². The molecule has 1 amide bonds. The monoisotopic (exact) mass is 298 g/mol. The Labute approximate surface area is 128 Å². The van der Waals surface area contributed by atoms with Crippen LogP contribution in [0.15, 0.2) is 0 Å². The summed E-state index contributed by atoms with van der Waals surface area (Å²) in [5, 5.41) is 0. The first-order valence-electron chi connectivity index (χ1n) is 8.19. The maximum absolute atomic E-state index is 12.7. The van der Waals surface area contributed by atoms with Crippen LogP contribution in [0, 0.1) is 11.8 Å². The molecule has 122 valence electrons. The van der Waals surface area contributed by atoms with Gasteiger partial charge in [-0.3, -0.25) is 4.79 Å². The number of nitrogens with zero attached hydrogens (tertiary/aromatic N) is 1. The Balaban J connectivity index is 1.79. The SMILES string of the molecule is COCCOCC1CCN(C(=O)C2CCCCC2(C)N)C1. The van der Waals surface area contributed by atoms with Gasteiger partial charge in [0.05, 0.1) is 25.7 Å². The molecule has 0 aromatic rings. The number of rotatable bonds is 6. The van der Waals surface area contributed by atoms with E-state index in [1.54, 1.807) is 7.11 Å². The van der Waals surface area contributed by atoms with E-state index in [2.05, 4.69) is 0 Å². The van der Waals surface area contributed by atoms with Crippen LogP contribution in [0.1, 0.15) is 39.0 Å². The summed E-state index contributed by atoms with van der Waals surface area (Å²) in [6.07, 6.45) is 5.21. The fourth-order valence-corrected chi connectivity index (χ4v) is 3.55. The van der Waals surface area contributed by atoms with Crippen LogP contribution < -0.4 is 5.73 Å². The maximum Gasteiger partial charge on any atom is 0.227 e. The molecule has 0 radical (unpaired) electrons. The number of hydrogen-bond acceptors (Lipinski definition) is 4. The summed E-state index contributed by atoms with van der Waals surface area (Å²) in [5.74, 6) is 0.719. The van der Waals surface area contributed by atoms with Gasteiger partial charge in [-0.15, -0.1) is 0 Å². The third kappa shape index (κ3) is 4.41. The Hall–Kier alpha value is -0.650. The zero-order valence-corrected chi connectivity index (χ0v) is 13.5. The number of carbonyl (C=O) groups excluding carboxylic acids is 1.